The Kier molecular flexibility index (Phi) is 6.36. The molecule has 2 rings (SSSR count). The number of para-hydroxylation sites is 1. The van der Waals surface area contributed by atoms with Crippen LogP contribution < -0.4 is 5.32 Å². The summed E-state index contributed by atoms with van der Waals surface area (Å²) in [6.45, 7) is 11.4. The normalized spacial score (nSPS) is 12.3. The number of aryl methyl sites for hydroxylation is 3. The Balaban J connectivity index is 2.26. The van der Waals surface area contributed by atoms with Crippen LogP contribution in [0.5, 0.6) is 0 Å². The monoisotopic (exact) mass is 402 g/mol. The Hall–Kier alpha value is -2.18. The summed E-state index contributed by atoms with van der Waals surface area (Å²) in [4.78, 5) is 12.7. The molecule has 28 heavy (non-hydrogen) atoms. The molecule has 0 saturated heterocycles. The fourth-order valence-electron chi connectivity index (χ4n) is 2.99. The van der Waals surface area contributed by atoms with E-state index in [-0.39, 0.29) is 22.8 Å². The van der Waals surface area contributed by atoms with Crippen LogP contribution in [0.1, 0.15) is 43.0 Å². The Labute approximate surface area is 168 Å². The lowest BCUT2D eigenvalue weighted by molar-refractivity contribution is -0.116. The number of nitrogens with one attached hydrogen (secondary N) is 1. The Bertz CT molecular complexity index is 969. The van der Waals surface area contributed by atoms with Gasteiger partial charge in [0, 0.05) is 12.7 Å². The number of anilines is 1. The quantitative estimate of drug-likeness (QED) is 0.816. The average molecular weight is 403 g/mol. The van der Waals surface area contributed by atoms with E-state index < -0.39 is 10.0 Å². The Morgan fingerprint density at radius 2 is 1.57 bits per heavy atom. The van der Waals surface area contributed by atoms with Gasteiger partial charge in [0.25, 0.3) is 0 Å². The molecule has 2 aromatic rings. The number of amides is 1. The average Bonchev–Trinajstić information content (AvgIpc) is 2.57. The number of carbonyl (C=O) groups excluding carboxylic acids is 1. The van der Waals surface area contributed by atoms with Gasteiger partial charge in [-0.25, -0.2) is 8.42 Å². The lowest BCUT2D eigenvalue weighted by Gasteiger charge is -2.23. The van der Waals surface area contributed by atoms with Gasteiger partial charge in [-0.15, -0.1) is 0 Å². The van der Waals surface area contributed by atoms with Crippen molar-refractivity contribution in [3.8, 4) is 0 Å². The molecule has 0 atom stereocenters. The van der Waals surface area contributed by atoms with Crippen LogP contribution in [0.4, 0.5) is 5.69 Å². The molecule has 0 saturated carbocycles. The van der Waals surface area contributed by atoms with E-state index >= 15 is 0 Å². The highest BCUT2D eigenvalue weighted by Gasteiger charge is 2.27. The van der Waals surface area contributed by atoms with Crippen molar-refractivity contribution in [2.75, 3.05) is 18.9 Å². The van der Waals surface area contributed by atoms with E-state index in [0.29, 0.717) is 5.56 Å². The zero-order chi connectivity index (χ0) is 21.3. The van der Waals surface area contributed by atoms with Crippen molar-refractivity contribution in [2.45, 2.75) is 51.9 Å². The first-order chi connectivity index (χ1) is 12.8. The van der Waals surface area contributed by atoms with E-state index in [1.54, 1.807) is 13.0 Å². The first-order valence-electron chi connectivity index (χ1n) is 9.27. The van der Waals surface area contributed by atoms with Crippen LogP contribution in [0.2, 0.25) is 0 Å². The molecule has 152 valence electrons. The summed E-state index contributed by atoms with van der Waals surface area (Å²) in [7, 11) is -2.35. The van der Waals surface area contributed by atoms with Crippen LogP contribution in [0.25, 0.3) is 0 Å². The largest absolute Gasteiger partial charge is 0.324 e. The van der Waals surface area contributed by atoms with Gasteiger partial charge in [0.15, 0.2) is 0 Å². The summed E-state index contributed by atoms with van der Waals surface area (Å²) in [6.07, 6.45) is 0. The molecule has 1 amide bonds. The van der Waals surface area contributed by atoms with E-state index in [4.69, 9.17) is 0 Å². The maximum absolute atomic E-state index is 13.1. The third-order valence-corrected chi connectivity index (χ3v) is 6.80. The minimum absolute atomic E-state index is 0.170. The minimum Gasteiger partial charge on any atom is -0.324 e. The van der Waals surface area contributed by atoms with Gasteiger partial charge in [-0.2, -0.15) is 4.31 Å². The molecular formula is C22H30N2O3S. The molecule has 0 unspecified atom stereocenters. The maximum atomic E-state index is 13.1. The first kappa shape index (κ1) is 22.1. The molecule has 0 aliphatic rings. The number of likely N-dealkylation sites (N-methyl/N-ethyl adjacent to an activating group) is 1. The molecule has 0 bridgehead atoms. The number of carbonyl (C=O) groups is 1. The second-order valence-corrected chi connectivity index (χ2v) is 10.3. The number of sulfonamides is 1. The summed E-state index contributed by atoms with van der Waals surface area (Å²) in [5.74, 6) is -0.367. The van der Waals surface area contributed by atoms with Gasteiger partial charge in [0.1, 0.15) is 0 Å². The van der Waals surface area contributed by atoms with Crippen LogP contribution in [0.3, 0.4) is 0 Å². The van der Waals surface area contributed by atoms with Crippen molar-refractivity contribution in [1.82, 2.24) is 4.31 Å². The first-order valence-corrected chi connectivity index (χ1v) is 10.7. The van der Waals surface area contributed by atoms with Crippen molar-refractivity contribution in [1.29, 1.82) is 0 Å². The van der Waals surface area contributed by atoms with Gasteiger partial charge < -0.3 is 5.32 Å². The lowest BCUT2D eigenvalue weighted by atomic mass is 9.87. The number of nitrogens with zero attached hydrogens (tertiary/aromatic N) is 1. The smallest absolute Gasteiger partial charge is 0.243 e. The minimum atomic E-state index is -3.79. The zero-order valence-electron chi connectivity index (χ0n) is 17.8. The molecule has 0 spiro atoms. The molecule has 0 fully saturated rings. The highest BCUT2D eigenvalue weighted by Crippen LogP contribution is 2.28. The fourth-order valence-corrected chi connectivity index (χ4v) is 4.36. The van der Waals surface area contributed by atoms with Crippen LogP contribution in [-0.4, -0.2) is 32.2 Å². The predicted molar refractivity (Wildman–Crippen MR) is 114 cm³/mol. The van der Waals surface area contributed by atoms with Crippen LogP contribution in [0, 0.1) is 20.8 Å². The van der Waals surface area contributed by atoms with Gasteiger partial charge in [0.2, 0.25) is 15.9 Å². The Morgan fingerprint density at radius 1 is 1.00 bits per heavy atom. The molecule has 0 radical (unpaired) electrons. The molecule has 0 aliphatic heterocycles. The van der Waals surface area contributed by atoms with E-state index in [2.05, 4.69) is 5.32 Å². The summed E-state index contributed by atoms with van der Waals surface area (Å²) < 4.78 is 27.3. The van der Waals surface area contributed by atoms with Gasteiger partial charge in [-0.05, 0) is 54.5 Å². The van der Waals surface area contributed by atoms with Crippen molar-refractivity contribution in [3.63, 3.8) is 0 Å². The SMILES string of the molecule is Cc1ccc(C(C)(C)C)cc1S(=O)(=O)N(C)CC(=O)Nc1c(C)cccc1C. The summed E-state index contributed by atoms with van der Waals surface area (Å²) in [5, 5.41) is 2.84. The van der Waals surface area contributed by atoms with Gasteiger partial charge in [-0.1, -0.05) is 51.1 Å². The molecule has 0 heterocycles. The summed E-state index contributed by atoms with van der Waals surface area (Å²) in [5.41, 5.74) is 4.03. The lowest BCUT2D eigenvalue weighted by Crippen LogP contribution is -2.35. The molecule has 6 heteroatoms. The maximum Gasteiger partial charge on any atom is 0.243 e. The standard InChI is InChI=1S/C22H30N2O3S/c1-15-11-12-18(22(4,5)6)13-19(15)28(26,27)24(7)14-20(25)23-21-16(2)9-8-10-17(21)3/h8-13H,14H2,1-7H3,(H,23,25). The number of benzene rings is 2. The Morgan fingerprint density at radius 3 is 2.11 bits per heavy atom. The second kappa shape index (κ2) is 8.05. The number of rotatable bonds is 5. The highest BCUT2D eigenvalue weighted by molar-refractivity contribution is 7.89. The second-order valence-electron chi connectivity index (χ2n) is 8.31. The molecule has 0 aliphatic carbocycles. The van der Waals surface area contributed by atoms with E-state index in [1.165, 1.54) is 7.05 Å². The van der Waals surface area contributed by atoms with Crippen LogP contribution >= 0.6 is 0 Å². The van der Waals surface area contributed by atoms with E-state index in [9.17, 15) is 13.2 Å². The van der Waals surface area contributed by atoms with Crippen molar-refractivity contribution >= 4 is 21.6 Å². The third kappa shape index (κ3) is 4.80. The van der Waals surface area contributed by atoms with Crippen molar-refractivity contribution in [3.05, 3.63) is 58.7 Å². The van der Waals surface area contributed by atoms with Crippen LogP contribution in [-0.2, 0) is 20.2 Å². The van der Waals surface area contributed by atoms with Gasteiger partial charge in [-0.3, -0.25) is 4.79 Å². The molecular weight excluding hydrogens is 372 g/mol. The predicted octanol–water partition coefficient (Wildman–Crippen LogP) is 4.17. The van der Waals surface area contributed by atoms with Gasteiger partial charge in [0.05, 0.1) is 11.4 Å². The van der Waals surface area contributed by atoms with Gasteiger partial charge >= 0.3 is 0 Å². The third-order valence-electron chi connectivity index (χ3n) is 4.85. The summed E-state index contributed by atoms with van der Waals surface area (Å²) in [6, 6.07) is 11.2. The molecule has 0 aromatic heterocycles. The topological polar surface area (TPSA) is 66.5 Å². The van der Waals surface area contributed by atoms with Crippen LogP contribution in [0.15, 0.2) is 41.3 Å². The number of hydrogen-bond donors (Lipinski definition) is 1. The van der Waals surface area contributed by atoms with E-state index in [1.807, 2.05) is 65.0 Å². The zero-order valence-corrected chi connectivity index (χ0v) is 18.6. The van der Waals surface area contributed by atoms with E-state index in [0.717, 1.165) is 26.7 Å². The van der Waals surface area contributed by atoms with Crippen molar-refractivity contribution < 1.29 is 13.2 Å². The summed E-state index contributed by atoms with van der Waals surface area (Å²) >= 11 is 0. The van der Waals surface area contributed by atoms with Crippen molar-refractivity contribution in [2.24, 2.45) is 0 Å². The highest BCUT2D eigenvalue weighted by atomic mass is 32.2. The fraction of sp³-hybridized carbons (Fsp3) is 0.409. The molecule has 5 nitrogen and oxygen atoms in total. The molecule has 2 aromatic carbocycles. The molecule has 1 N–H and O–H groups in total. The number of hydrogen-bond acceptors (Lipinski definition) is 3.